The average Bonchev–Trinajstić information content (AvgIpc) is 2.17. The van der Waals surface area contributed by atoms with E-state index in [1.54, 1.807) is 0 Å². The Morgan fingerprint density at radius 1 is 1.07 bits per heavy atom. The van der Waals surface area contributed by atoms with Crippen molar-refractivity contribution in [3.05, 3.63) is 0 Å². The van der Waals surface area contributed by atoms with Crippen LogP contribution in [0.2, 0.25) is 0 Å². The number of nitrogens with one attached hydrogen (secondary N) is 1. The average molecular weight is 200 g/mol. The Labute approximate surface area is 87.8 Å². The standard InChI is InChI=1S/C9H18N2O.C2H6/c1-11-4-2-8(3-5-11)12-9-6-10-7-9;1-2/h8-10H,2-7H2,1H3;1-2H3. The number of likely N-dealkylation sites (tertiary alicyclic amines) is 1. The van der Waals surface area contributed by atoms with Crippen molar-refractivity contribution >= 4 is 0 Å². The first-order valence-corrected chi connectivity index (χ1v) is 5.89. The van der Waals surface area contributed by atoms with Crippen molar-refractivity contribution in [3.8, 4) is 0 Å². The second-order valence-corrected chi connectivity index (χ2v) is 3.92. The van der Waals surface area contributed by atoms with E-state index >= 15 is 0 Å². The summed E-state index contributed by atoms with van der Waals surface area (Å²) in [5.41, 5.74) is 0. The molecule has 0 spiro atoms. The van der Waals surface area contributed by atoms with E-state index < -0.39 is 0 Å². The molecule has 2 rings (SSSR count). The summed E-state index contributed by atoms with van der Waals surface area (Å²) in [6.07, 6.45) is 3.48. The van der Waals surface area contributed by atoms with Crippen molar-refractivity contribution < 1.29 is 4.74 Å². The van der Waals surface area contributed by atoms with Crippen LogP contribution in [0.4, 0.5) is 0 Å². The second kappa shape index (κ2) is 6.38. The first-order valence-electron chi connectivity index (χ1n) is 5.89. The van der Waals surface area contributed by atoms with Crippen molar-refractivity contribution in [1.29, 1.82) is 0 Å². The molecule has 0 atom stereocenters. The molecule has 0 aromatic heterocycles. The third-order valence-electron chi connectivity index (χ3n) is 2.79. The molecule has 2 aliphatic rings. The highest BCUT2D eigenvalue weighted by atomic mass is 16.5. The molecule has 0 bridgehead atoms. The zero-order valence-corrected chi connectivity index (χ0v) is 9.75. The molecule has 0 aromatic carbocycles. The van der Waals surface area contributed by atoms with E-state index in [2.05, 4.69) is 17.3 Å². The topological polar surface area (TPSA) is 24.5 Å². The lowest BCUT2D eigenvalue weighted by molar-refractivity contribution is -0.0596. The van der Waals surface area contributed by atoms with Gasteiger partial charge in [0.25, 0.3) is 0 Å². The zero-order chi connectivity index (χ0) is 10.4. The highest BCUT2D eigenvalue weighted by molar-refractivity contribution is 4.79. The van der Waals surface area contributed by atoms with E-state index in [1.165, 1.54) is 25.9 Å². The van der Waals surface area contributed by atoms with Crippen LogP contribution >= 0.6 is 0 Å². The molecule has 0 unspecified atom stereocenters. The fraction of sp³-hybridized carbons (Fsp3) is 1.00. The molecule has 2 aliphatic heterocycles. The van der Waals surface area contributed by atoms with Crippen LogP contribution in [0, 0.1) is 0 Å². The first-order chi connectivity index (χ1) is 6.84. The molecule has 14 heavy (non-hydrogen) atoms. The second-order valence-electron chi connectivity index (χ2n) is 3.92. The number of rotatable bonds is 2. The third kappa shape index (κ3) is 3.56. The molecule has 0 amide bonds. The predicted octanol–water partition coefficient (Wildman–Crippen LogP) is 1.10. The predicted molar refractivity (Wildman–Crippen MR) is 59.6 cm³/mol. The van der Waals surface area contributed by atoms with Gasteiger partial charge in [0.2, 0.25) is 0 Å². The molecular formula is C11H24N2O. The summed E-state index contributed by atoms with van der Waals surface area (Å²) >= 11 is 0. The van der Waals surface area contributed by atoms with E-state index in [9.17, 15) is 0 Å². The zero-order valence-electron chi connectivity index (χ0n) is 9.75. The minimum Gasteiger partial charge on any atom is -0.372 e. The minimum atomic E-state index is 0.512. The maximum atomic E-state index is 5.89. The summed E-state index contributed by atoms with van der Waals surface area (Å²) < 4.78 is 5.89. The Hall–Kier alpha value is -0.120. The van der Waals surface area contributed by atoms with E-state index in [0.717, 1.165) is 13.1 Å². The number of piperidine rings is 1. The van der Waals surface area contributed by atoms with Crippen molar-refractivity contribution in [2.24, 2.45) is 0 Å². The Kier molecular flexibility index (Phi) is 5.45. The molecule has 1 N–H and O–H groups in total. The molecule has 3 heteroatoms. The molecule has 2 fully saturated rings. The third-order valence-corrected chi connectivity index (χ3v) is 2.79. The largest absolute Gasteiger partial charge is 0.372 e. The maximum Gasteiger partial charge on any atom is 0.0827 e. The van der Waals surface area contributed by atoms with Crippen molar-refractivity contribution in [3.63, 3.8) is 0 Å². The summed E-state index contributed by atoms with van der Waals surface area (Å²) in [4.78, 5) is 2.37. The van der Waals surface area contributed by atoms with Crippen molar-refractivity contribution in [2.45, 2.75) is 38.9 Å². The molecule has 84 valence electrons. The highest BCUT2D eigenvalue weighted by Gasteiger charge is 2.24. The SMILES string of the molecule is CC.CN1CCC(OC2CNC2)CC1. The Morgan fingerprint density at radius 3 is 2.07 bits per heavy atom. The van der Waals surface area contributed by atoms with Crippen molar-refractivity contribution in [1.82, 2.24) is 10.2 Å². The van der Waals surface area contributed by atoms with E-state index in [1.807, 2.05) is 13.8 Å². The fourth-order valence-corrected chi connectivity index (χ4v) is 1.75. The molecule has 2 heterocycles. The molecule has 0 aliphatic carbocycles. The van der Waals surface area contributed by atoms with Gasteiger partial charge in [0, 0.05) is 26.2 Å². The quantitative estimate of drug-likeness (QED) is 0.722. The summed E-state index contributed by atoms with van der Waals surface area (Å²) in [6, 6.07) is 0. The molecule has 0 saturated carbocycles. The van der Waals surface area contributed by atoms with Crippen LogP contribution in [0.15, 0.2) is 0 Å². The van der Waals surface area contributed by atoms with Crippen LogP contribution in [0.25, 0.3) is 0 Å². The van der Waals surface area contributed by atoms with Crippen LogP contribution < -0.4 is 5.32 Å². The van der Waals surface area contributed by atoms with Gasteiger partial charge < -0.3 is 15.0 Å². The molecule has 2 saturated heterocycles. The van der Waals surface area contributed by atoms with E-state index in [4.69, 9.17) is 4.74 Å². The van der Waals surface area contributed by atoms with Gasteiger partial charge in [-0.2, -0.15) is 0 Å². The normalized spacial score (nSPS) is 25.1. The van der Waals surface area contributed by atoms with Crippen LogP contribution in [0.1, 0.15) is 26.7 Å². The molecule has 0 aromatic rings. The van der Waals surface area contributed by atoms with Gasteiger partial charge in [-0.25, -0.2) is 0 Å². The number of hydrogen-bond acceptors (Lipinski definition) is 3. The Balaban J connectivity index is 0.000000461. The monoisotopic (exact) mass is 200 g/mol. The lowest BCUT2D eigenvalue weighted by atomic mass is 10.1. The van der Waals surface area contributed by atoms with Gasteiger partial charge in [0.15, 0.2) is 0 Å². The van der Waals surface area contributed by atoms with Gasteiger partial charge in [-0.15, -0.1) is 0 Å². The lowest BCUT2D eigenvalue weighted by Gasteiger charge is -2.35. The summed E-state index contributed by atoms with van der Waals surface area (Å²) in [5, 5.41) is 3.22. The van der Waals surface area contributed by atoms with Gasteiger partial charge >= 0.3 is 0 Å². The highest BCUT2D eigenvalue weighted by Crippen LogP contribution is 2.15. The van der Waals surface area contributed by atoms with Crippen LogP contribution in [-0.2, 0) is 4.74 Å². The molecule has 0 radical (unpaired) electrons. The van der Waals surface area contributed by atoms with Crippen LogP contribution in [0.5, 0.6) is 0 Å². The molecular weight excluding hydrogens is 176 g/mol. The first kappa shape index (κ1) is 12.0. The number of nitrogens with zero attached hydrogens (tertiary/aromatic N) is 1. The Morgan fingerprint density at radius 2 is 1.64 bits per heavy atom. The van der Waals surface area contributed by atoms with Crippen LogP contribution in [0.3, 0.4) is 0 Å². The van der Waals surface area contributed by atoms with E-state index in [-0.39, 0.29) is 0 Å². The van der Waals surface area contributed by atoms with Gasteiger partial charge in [-0.3, -0.25) is 0 Å². The maximum absolute atomic E-state index is 5.89. The Bertz CT molecular complexity index is 140. The lowest BCUT2D eigenvalue weighted by Crippen LogP contribution is -2.51. The summed E-state index contributed by atoms with van der Waals surface area (Å²) in [5.74, 6) is 0. The number of ether oxygens (including phenoxy) is 1. The van der Waals surface area contributed by atoms with Gasteiger partial charge in [-0.05, 0) is 19.9 Å². The van der Waals surface area contributed by atoms with E-state index in [0.29, 0.717) is 12.2 Å². The van der Waals surface area contributed by atoms with Gasteiger partial charge in [0.1, 0.15) is 0 Å². The summed E-state index contributed by atoms with van der Waals surface area (Å²) in [7, 11) is 2.18. The molecule has 3 nitrogen and oxygen atoms in total. The van der Waals surface area contributed by atoms with Crippen molar-refractivity contribution in [2.75, 3.05) is 33.2 Å². The van der Waals surface area contributed by atoms with Gasteiger partial charge in [-0.1, -0.05) is 13.8 Å². The van der Waals surface area contributed by atoms with Crippen LogP contribution in [-0.4, -0.2) is 50.3 Å². The van der Waals surface area contributed by atoms with Gasteiger partial charge in [0.05, 0.1) is 12.2 Å². The smallest absolute Gasteiger partial charge is 0.0827 e. The number of hydrogen-bond donors (Lipinski definition) is 1. The summed E-state index contributed by atoms with van der Waals surface area (Å²) in [6.45, 7) is 8.52. The fourth-order valence-electron chi connectivity index (χ4n) is 1.75. The minimum absolute atomic E-state index is 0.512.